The number of hydrogen-bond donors (Lipinski definition) is 15. The molecule has 6 amide bonds. The topological polar surface area (TPSA) is 490 Å². The molecule has 0 saturated heterocycles. The van der Waals surface area contributed by atoms with Gasteiger partial charge in [-0.3, -0.25) is 42.9 Å². The number of aliphatic hydroxyl groups excluding tert-OH is 1. The molecule has 0 bridgehead atoms. The van der Waals surface area contributed by atoms with Gasteiger partial charge in [-0.1, -0.05) is 193 Å². The zero-order valence-electron chi connectivity index (χ0n) is 68.6. The summed E-state index contributed by atoms with van der Waals surface area (Å²) < 4.78 is 13.0. The molecule has 0 radical (unpaired) electrons. The van der Waals surface area contributed by atoms with Gasteiger partial charge < -0.3 is 90.6 Å². The minimum atomic E-state index is -1.61. The fourth-order valence-electron chi connectivity index (χ4n) is 13.1. The molecule has 642 valence electrons. The number of aliphatic hydroxyl groups is 1. The second kappa shape index (κ2) is 62.9. The quantitative estimate of drug-likeness (QED) is 0.0185. The maximum atomic E-state index is 14.6. The highest BCUT2D eigenvalue weighted by molar-refractivity contribution is 7.99. The summed E-state index contributed by atoms with van der Waals surface area (Å²) in [6.45, 7) is 7.08. The molecule has 2 aromatic heterocycles. The summed E-state index contributed by atoms with van der Waals surface area (Å²) in [6.07, 6.45) is 34.8. The lowest BCUT2D eigenvalue weighted by atomic mass is 10.0. The zero-order chi connectivity index (χ0) is 82.6. The second-order valence-electron chi connectivity index (χ2n) is 30.0. The van der Waals surface area contributed by atoms with Crippen LogP contribution in [-0.4, -0.2) is 183 Å². The van der Waals surface area contributed by atoms with E-state index in [4.69, 9.17) is 38.1 Å². The maximum Gasteiger partial charge on any atom is 0.328 e. The van der Waals surface area contributed by atoms with Crippen LogP contribution < -0.4 is 71.6 Å². The first-order chi connectivity index (χ1) is 54.7. The van der Waals surface area contributed by atoms with Crippen LogP contribution in [-0.2, 0) is 54.4 Å². The monoisotopic (exact) mass is 1610 g/mol. The third-order valence-corrected chi connectivity index (χ3v) is 21.2. The summed E-state index contributed by atoms with van der Waals surface area (Å²) in [5.41, 5.74) is 31.1. The van der Waals surface area contributed by atoms with Gasteiger partial charge in [-0.25, -0.2) is 9.59 Å². The molecule has 30 nitrogen and oxygen atoms in total. The molecule has 3 aromatic rings. The van der Waals surface area contributed by atoms with E-state index in [-0.39, 0.29) is 101 Å². The number of nitrogen functional groups attached to an aromatic ring is 1. The lowest BCUT2D eigenvalue weighted by Gasteiger charge is -2.27. The molecule has 5 unspecified atom stereocenters. The van der Waals surface area contributed by atoms with E-state index in [1.54, 1.807) is 24.3 Å². The SMILES string of the molecule is CCCCCCCCCCCCCCCC(=O)OCC(CSCC(N)C(=O)NC(CO)C(=O)N[C@@H](CCCCN)C(=O)NC(CCCCNC(=O)c1ccc(Cn2c(=O)[nH]c3c(N)nc(NCCCC)nc32)cc1)C(=O)N[C@@H](CCCCN)C(=O)NC(CCCCN)C(=O)O)OC(=O)CCCCCCCCCCCCCCC. The molecule has 0 aliphatic rings. The number of carbonyl (C=O) groups excluding carboxylic acids is 8. The van der Waals surface area contributed by atoms with Crippen LogP contribution in [0, 0.1) is 0 Å². The van der Waals surface area contributed by atoms with Crippen LogP contribution in [0.4, 0.5) is 11.8 Å². The normalized spacial score (nSPS) is 13.2. The average Bonchev–Trinajstić information content (AvgIpc) is 1.64. The number of carboxylic acid groups (broad SMARTS) is 1. The number of nitrogens with one attached hydrogen (secondary N) is 8. The van der Waals surface area contributed by atoms with Crippen molar-refractivity contribution in [3.63, 3.8) is 0 Å². The number of nitrogens with zero attached hydrogens (tertiary/aromatic N) is 3. The number of amides is 6. The van der Waals surface area contributed by atoms with Crippen LogP contribution >= 0.6 is 11.8 Å². The predicted molar refractivity (Wildman–Crippen MR) is 448 cm³/mol. The van der Waals surface area contributed by atoms with Crippen LogP contribution in [0.2, 0.25) is 0 Å². The van der Waals surface area contributed by atoms with Gasteiger partial charge in [0.25, 0.3) is 5.91 Å². The highest BCUT2D eigenvalue weighted by Crippen LogP contribution is 2.21. The van der Waals surface area contributed by atoms with Crippen molar-refractivity contribution in [3.05, 3.63) is 45.9 Å². The number of esters is 2. The molecule has 0 spiro atoms. The number of aliphatic carboxylic acids is 1. The van der Waals surface area contributed by atoms with E-state index in [1.807, 2.05) is 0 Å². The first-order valence-corrected chi connectivity index (χ1v) is 43.9. The summed E-state index contributed by atoms with van der Waals surface area (Å²) >= 11 is 1.18. The minimum Gasteiger partial charge on any atom is -0.480 e. The number of rotatable bonds is 71. The Hall–Kier alpha value is -7.45. The number of aromatic nitrogens is 4. The zero-order valence-corrected chi connectivity index (χ0v) is 69.4. The Balaban J connectivity index is 1.73. The number of carbonyl (C=O) groups is 9. The summed E-state index contributed by atoms with van der Waals surface area (Å²) in [6, 6.07) is -1.54. The molecule has 0 fully saturated rings. The number of ether oxygens (including phenoxy) is 2. The Labute approximate surface area is 675 Å². The van der Waals surface area contributed by atoms with Gasteiger partial charge in [0, 0.05) is 43.0 Å². The third kappa shape index (κ3) is 44.3. The van der Waals surface area contributed by atoms with Gasteiger partial charge in [0.1, 0.15) is 48.4 Å². The van der Waals surface area contributed by atoms with Crippen molar-refractivity contribution in [2.45, 2.75) is 339 Å². The molecule has 3 rings (SSSR count). The lowest BCUT2D eigenvalue weighted by molar-refractivity contribution is -0.157. The Morgan fingerprint density at radius 1 is 0.504 bits per heavy atom. The van der Waals surface area contributed by atoms with Crippen molar-refractivity contribution < 1.29 is 62.8 Å². The number of anilines is 2. The largest absolute Gasteiger partial charge is 0.480 e. The number of benzene rings is 1. The van der Waals surface area contributed by atoms with E-state index in [0.717, 1.165) is 51.4 Å². The Bertz CT molecular complexity index is 3220. The highest BCUT2D eigenvalue weighted by Gasteiger charge is 2.33. The third-order valence-electron chi connectivity index (χ3n) is 20.0. The average molecular weight is 1610 g/mol. The van der Waals surface area contributed by atoms with Crippen LogP contribution in [0.3, 0.4) is 0 Å². The smallest absolute Gasteiger partial charge is 0.328 e. The number of carboxylic acids is 1. The van der Waals surface area contributed by atoms with Crippen LogP contribution in [0.15, 0.2) is 29.1 Å². The minimum absolute atomic E-state index is 0.00748. The first kappa shape index (κ1) is 99.7. The van der Waals surface area contributed by atoms with Gasteiger partial charge >= 0.3 is 23.6 Å². The van der Waals surface area contributed by atoms with Crippen molar-refractivity contribution in [2.24, 2.45) is 22.9 Å². The van der Waals surface area contributed by atoms with E-state index in [1.165, 1.54) is 132 Å². The molecule has 2 heterocycles. The molecule has 1 aromatic carbocycles. The maximum absolute atomic E-state index is 14.6. The van der Waals surface area contributed by atoms with Crippen molar-refractivity contribution in [1.82, 2.24) is 51.4 Å². The highest BCUT2D eigenvalue weighted by atomic mass is 32.2. The van der Waals surface area contributed by atoms with Gasteiger partial charge in [-0.2, -0.15) is 21.7 Å². The summed E-state index contributed by atoms with van der Waals surface area (Å²) in [4.78, 5) is 148. The van der Waals surface area contributed by atoms with E-state index in [9.17, 15) is 58.2 Å². The van der Waals surface area contributed by atoms with Crippen molar-refractivity contribution in [3.8, 4) is 0 Å². The lowest BCUT2D eigenvalue weighted by Crippen LogP contribution is -2.59. The van der Waals surface area contributed by atoms with Gasteiger partial charge in [0.2, 0.25) is 35.5 Å². The number of unbranched alkanes of at least 4 members (excludes halogenated alkanes) is 29. The van der Waals surface area contributed by atoms with Crippen LogP contribution in [0.1, 0.15) is 306 Å². The first-order valence-electron chi connectivity index (χ1n) is 42.7. The fourth-order valence-corrected chi connectivity index (χ4v) is 14.0. The number of H-pyrrole nitrogens is 1. The van der Waals surface area contributed by atoms with Crippen molar-refractivity contribution in [2.75, 3.05) is 68.5 Å². The molecular formula is C82H144N16O14S. The van der Waals surface area contributed by atoms with Gasteiger partial charge in [0.05, 0.1) is 19.2 Å². The second-order valence-corrected chi connectivity index (χ2v) is 31.1. The Morgan fingerprint density at radius 3 is 1.39 bits per heavy atom. The van der Waals surface area contributed by atoms with Crippen LogP contribution in [0.25, 0.3) is 11.2 Å². The molecular weight excluding hydrogens is 1470 g/mol. The van der Waals surface area contributed by atoms with Gasteiger partial charge in [-0.15, -0.1) is 0 Å². The number of fused-ring (bicyclic) bond motifs is 1. The number of nitrogens with two attached hydrogens (primary N) is 5. The Morgan fingerprint density at radius 2 is 0.929 bits per heavy atom. The summed E-state index contributed by atoms with van der Waals surface area (Å²) in [5.74, 6) is -6.20. The molecule has 31 heteroatoms. The molecule has 7 atom stereocenters. The number of hydrogen-bond acceptors (Lipinski definition) is 22. The summed E-state index contributed by atoms with van der Waals surface area (Å²) in [7, 11) is 0. The summed E-state index contributed by atoms with van der Waals surface area (Å²) in [5, 5.41) is 39.8. The number of aromatic amines is 1. The van der Waals surface area contributed by atoms with E-state index >= 15 is 0 Å². The number of imidazole rings is 1. The standard InChI is InChI=1S/C82H144N16O14S/c1-4-7-10-12-14-16-18-20-22-24-26-28-30-44-69(100)111-57-62(112-70(101)45-31-29-27-25-23-21-19-17-15-13-11-8-5-2)58-113-59-63(86)75(103)94-68(56-99)79(107)92-64(40-32-36-50-83)76(104)91-66(77(105)90-65(41-33-37-51-84)78(106)93-67(80(108)109)43-34-38-52-85)42-35-39-54-88-74(102)61-48-46-60(47-49-61)55-98-73-71(95-82(98)110)72(87)96-81(97-73)89-53-9-6-3/h46-49,62-68,99H,4-45,50-59,83-86H2,1-3H3,(H,88,102)(H,90,105)(H,91,104)(H,92,107)(H,93,106)(H,94,103)(H,95,110)(H,108,109)(H3,87,89,96,97)/t62?,63?,64-,65-,66?,67?,68?/m0/s1. The molecule has 0 saturated carbocycles. The molecule has 0 aliphatic heterocycles. The van der Waals surface area contributed by atoms with Crippen LogP contribution in [0.5, 0.6) is 0 Å². The van der Waals surface area contributed by atoms with E-state index in [2.05, 4.69) is 72.9 Å². The predicted octanol–water partition coefficient (Wildman–Crippen LogP) is 9.23. The van der Waals surface area contributed by atoms with E-state index in [0.29, 0.717) is 92.7 Å². The molecule has 113 heavy (non-hydrogen) atoms. The fraction of sp³-hybridized carbons (Fsp3) is 0.756. The molecule has 20 N–H and O–H groups in total. The van der Waals surface area contributed by atoms with Gasteiger partial charge in [-0.05, 0) is 134 Å². The van der Waals surface area contributed by atoms with E-state index < -0.39 is 108 Å². The van der Waals surface area contributed by atoms with Gasteiger partial charge in [0.15, 0.2) is 11.5 Å². The van der Waals surface area contributed by atoms with Crippen molar-refractivity contribution in [1.29, 1.82) is 0 Å². The Kier molecular flexibility index (Phi) is 55.5. The van der Waals surface area contributed by atoms with Crippen molar-refractivity contribution >= 4 is 88.0 Å². The number of thioether (sulfide) groups is 1. The molecule has 0 aliphatic carbocycles.